The Hall–Kier alpha value is -2.22. The summed E-state index contributed by atoms with van der Waals surface area (Å²) in [4.78, 5) is 27.8. The molecule has 1 aliphatic heterocycles. The van der Waals surface area contributed by atoms with Crippen molar-refractivity contribution in [3.8, 4) is 0 Å². The molecule has 1 aromatic heterocycles. The molecule has 3 N–H and O–H groups in total. The first-order chi connectivity index (χ1) is 9.40. The summed E-state index contributed by atoms with van der Waals surface area (Å²) in [6.07, 6.45) is 1.00. The van der Waals surface area contributed by atoms with E-state index >= 15 is 0 Å². The number of aromatic nitrogens is 1. The van der Waals surface area contributed by atoms with Crippen molar-refractivity contribution in [2.24, 2.45) is 5.92 Å². The van der Waals surface area contributed by atoms with Crippen molar-refractivity contribution in [2.45, 2.75) is 19.4 Å². The van der Waals surface area contributed by atoms with Crippen molar-refractivity contribution in [3.63, 3.8) is 0 Å². The molecule has 2 atom stereocenters. The quantitative estimate of drug-likeness (QED) is 0.597. The number of piperidine rings is 1. The van der Waals surface area contributed by atoms with Crippen molar-refractivity contribution in [2.75, 3.05) is 18.8 Å². The van der Waals surface area contributed by atoms with E-state index in [4.69, 9.17) is 5.73 Å². The number of carbonyl (C=O) groups is 1. The highest BCUT2D eigenvalue weighted by atomic mass is 16.6. The van der Waals surface area contributed by atoms with Gasteiger partial charge in [0.1, 0.15) is 17.6 Å². The lowest BCUT2D eigenvalue weighted by molar-refractivity contribution is -0.385. The van der Waals surface area contributed by atoms with E-state index in [2.05, 4.69) is 4.98 Å². The molecule has 1 aromatic rings. The fourth-order valence-electron chi connectivity index (χ4n) is 2.27. The summed E-state index contributed by atoms with van der Waals surface area (Å²) in [5.41, 5.74) is 5.08. The molecule has 2 heterocycles. The summed E-state index contributed by atoms with van der Waals surface area (Å²) in [6.45, 7) is 2.56. The van der Waals surface area contributed by atoms with Gasteiger partial charge in [-0.15, -0.1) is 0 Å². The Morgan fingerprint density at radius 2 is 2.35 bits per heavy atom. The third-order valence-electron chi connectivity index (χ3n) is 3.48. The topological polar surface area (TPSA) is 123 Å². The van der Waals surface area contributed by atoms with Gasteiger partial charge in [0.15, 0.2) is 0 Å². The van der Waals surface area contributed by atoms with Crippen LogP contribution in [0.15, 0.2) is 12.3 Å². The minimum absolute atomic E-state index is 0.0593. The smallest absolute Gasteiger partial charge is 0.300 e. The molecule has 8 heteroatoms. The molecule has 1 fully saturated rings. The molecule has 0 bridgehead atoms. The number of aliphatic hydroxyl groups is 1. The SMILES string of the molecule is CC1CN(C(=O)c2cc(N)ncc2[N+](=O)[O-])CCC1O. The first kappa shape index (κ1) is 14.2. The normalized spacial score (nSPS) is 22.6. The number of likely N-dealkylation sites (tertiary alicyclic amines) is 1. The average molecular weight is 280 g/mol. The van der Waals surface area contributed by atoms with Crippen molar-refractivity contribution >= 4 is 17.4 Å². The number of carbonyl (C=O) groups excluding carboxylic acids is 1. The van der Waals surface area contributed by atoms with E-state index in [1.165, 1.54) is 11.0 Å². The molecule has 1 aliphatic rings. The highest BCUT2D eigenvalue weighted by Crippen LogP contribution is 2.24. The van der Waals surface area contributed by atoms with Crippen LogP contribution < -0.4 is 5.73 Å². The van der Waals surface area contributed by atoms with Gasteiger partial charge in [-0.2, -0.15) is 0 Å². The third-order valence-corrected chi connectivity index (χ3v) is 3.48. The van der Waals surface area contributed by atoms with Crippen LogP contribution in [0.3, 0.4) is 0 Å². The number of rotatable bonds is 2. The fourth-order valence-corrected chi connectivity index (χ4v) is 2.27. The van der Waals surface area contributed by atoms with E-state index < -0.39 is 16.9 Å². The van der Waals surface area contributed by atoms with Gasteiger partial charge in [0.2, 0.25) is 0 Å². The summed E-state index contributed by atoms with van der Waals surface area (Å²) in [7, 11) is 0. The maximum atomic E-state index is 12.4. The first-order valence-corrected chi connectivity index (χ1v) is 6.27. The van der Waals surface area contributed by atoms with Crippen LogP contribution in [-0.2, 0) is 0 Å². The number of nitro groups is 1. The maximum Gasteiger partial charge on any atom is 0.300 e. The van der Waals surface area contributed by atoms with Crippen LogP contribution in [0.25, 0.3) is 0 Å². The molecular weight excluding hydrogens is 264 g/mol. The number of nitrogens with zero attached hydrogens (tertiary/aromatic N) is 3. The summed E-state index contributed by atoms with van der Waals surface area (Å²) in [6, 6.07) is 1.22. The van der Waals surface area contributed by atoms with Crippen LogP contribution in [-0.4, -0.2) is 45.0 Å². The van der Waals surface area contributed by atoms with Crippen LogP contribution >= 0.6 is 0 Å². The second-order valence-electron chi connectivity index (χ2n) is 4.97. The molecule has 20 heavy (non-hydrogen) atoms. The molecule has 1 saturated heterocycles. The Morgan fingerprint density at radius 3 is 2.95 bits per heavy atom. The maximum absolute atomic E-state index is 12.4. The van der Waals surface area contributed by atoms with Crippen molar-refractivity contribution in [1.29, 1.82) is 0 Å². The second kappa shape index (κ2) is 5.41. The lowest BCUT2D eigenvalue weighted by Gasteiger charge is -2.34. The highest BCUT2D eigenvalue weighted by Gasteiger charge is 2.31. The van der Waals surface area contributed by atoms with Gasteiger partial charge in [-0.1, -0.05) is 6.92 Å². The minimum Gasteiger partial charge on any atom is -0.393 e. The third kappa shape index (κ3) is 2.69. The molecule has 108 valence electrons. The number of anilines is 1. The standard InChI is InChI=1S/C12H16N4O4/c1-7-6-15(3-2-10(7)17)12(18)8-4-11(13)14-5-9(8)16(19)20/h4-5,7,10,17H,2-3,6H2,1H3,(H2,13,14). The van der Waals surface area contributed by atoms with Crippen molar-refractivity contribution in [1.82, 2.24) is 9.88 Å². The Balaban J connectivity index is 2.29. The molecule has 2 rings (SSSR count). The summed E-state index contributed by atoms with van der Waals surface area (Å²) >= 11 is 0. The van der Waals surface area contributed by atoms with Crippen LogP contribution in [0.2, 0.25) is 0 Å². The van der Waals surface area contributed by atoms with Gasteiger partial charge in [-0.25, -0.2) is 4.98 Å². The monoisotopic (exact) mass is 280 g/mol. The van der Waals surface area contributed by atoms with Gasteiger partial charge in [-0.3, -0.25) is 14.9 Å². The predicted octanol–water partition coefficient (Wildman–Crippen LogP) is 0.415. The number of aliphatic hydroxyl groups excluding tert-OH is 1. The fraction of sp³-hybridized carbons (Fsp3) is 0.500. The molecule has 8 nitrogen and oxygen atoms in total. The molecule has 0 radical (unpaired) electrons. The largest absolute Gasteiger partial charge is 0.393 e. The van der Waals surface area contributed by atoms with Crippen LogP contribution in [0.1, 0.15) is 23.7 Å². The van der Waals surface area contributed by atoms with Gasteiger partial charge >= 0.3 is 0 Å². The summed E-state index contributed by atoms with van der Waals surface area (Å²) in [5, 5.41) is 20.6. The molecule has 0 spiro atoms. The number of hydrogen-bond donors (Lipinski definition) is 2. The first-order valence-electron chi connectivity index (χ1n) is 6.27. The lowest BCUT2D eigenvalue weighted by Crippen LogP contribution is -2.45. The average Bonchev–Trinajstić information content (AvgIpc) is 2.40. The van der Waals surface area contributed by atoms with Gasteiger partial charge in [0.05, 0.1) is 11.0 Å². The van der Waals surface area contributed by atoms with Crippen molar-refractivity contribution < 1.29 is 14.8 Å². The van der Waals surface area contributed by atoms with Crippen LogP contribution in [0.5, 0.6) is 0 Å². The Bertz CT molecular complexity index is 548. The number of amides is 1. The van der Waals surface area contributed by atoms with Crippen molar-refractivity contribution in [3.05, 3.63) is 27.9 Å². The summed E-state index contributed by atoms with van der Waals surface area (Å²) in [5.74, 6) is -0.459. The Labute approximate surface area is 115 Å². The molecule has 2 unspecified atom stereocenters. The number of hydrogen-bond acceptors (Lipinski definition) is 6. The zero-order chi connectivity index (χ0) is 14.9. The van der Waals surface area contributed by atoms with Crippen LogP contribution in [0, 0.1) is 16.0 Å². The van der Waals surface area contributed by atoms with Gasteiger partial charge in [0.25, 0.3) is 11.6 Å². The molecule has 0 aliphatic carbocycles. The van der Waals surface area contributed by atoms with E-state index in [-0.39, 0.29) is 23.0 Å². The molecular formula is C12H16N4O4. The second-order valence-corrected chi connectivity index (χ2v) is 4.97. The Morgan fingerprint density at radius 1 is 1.65 bits per heavy atom. The Kier molecular flexibility index (Phi) is 3.84. The highest BCUT2D eigenvalue weighted by molar-refractivity contribution is 5.98. The van der Waals surface area contributed by atoms with Gasteiger partial charge < -0.3 is 15.7 Å². The molecule has 0 saturated carbocycles. The lowest BCUT2D eigenvalue weighted by atomic mass is 9.96. The van der Waals surface area contributed by atoms with E-state index in [0.717, 1.165) is 6.20 Å². The van der Waals surface area contributed by atoms with Gasteiger partial charge in [0, 0.05) is 13.1 Å². The van der Waals surface area contributed by atoms with Gasteiger partial charge in [-0.05, 0) is 18.4 Å². The zero-order valence-electron chi connectivity index (χ0n) is 11.0. The minimum atomic E-state index is -0.651. The molecule has 1 amide bonds. The van der Waals surface area contributed by atoms with E-state index in [1.807, 2.05) is 6.92 Å². The zero-order valence-corrected chi connectivity index (χ0v) is 11.0. The van der Waals surface area contributed by atoms with E-state index in [0.29, 0.717) is 19.5 Å². The number of pyridine rings is 1. The number of nitrogen functional groups attached to an aromatic ring is 1. The molecule has 0 aromatic carbocycles. The van der Waals surface area contributed by atoms with E-state index in [9.17, 15) is 20.0 Å². The van der Waals surface area contributed by atoms with E-state index in [1.54, 1.807) is 0 Å². The van der Waals surface area contributed by atoms with Crippen LogP contribution in [0.4, 0.5) is 11.5 Å². The number of nitrogens with two attached hydrogens (primary N) is 1. The predicted molar refractivity (Wildman–Crippen MR) is 71.0 cm³/mol. The summed E-state index contributed by atoms with van der Waals surface area (Å²) < 4.78 is 0.